The predicted molar refractivity (Wildman–Crippen MR) is 89.5 cm³/mol. The Bertz CT molecular complexity index is 747. The van der Waals surface area contributed by atoms with Crippen LogP contribution >= 0.6 is 0 Å². The zero-order valence-electron chi connectivity index (χ0n) is 13.5. The fourth-order valence-corrected chi connectivity index (χ4v) is 3.00. The van der Waals surface area contributed by atoms with Gasteiger partial charge < -0.3 is 14.7 Å². The highest BCUT2D eigenvalue weighted by molar-refractivity contribution is 5.95. The highest BCUT2D eigenvalue weighted by atomic mass is 19.1. The Morgan fingerprint density at radius 2 is 2.12 bits per heavy atom. The van der Waals surface area contributed by atoms with E-state index in [1.165, 1.54) is 13.2 Å². The monoisotopic (exact) mass is 329 g/mol. The number of halogens is 1. The molecule has 1 saturated heterocycles. The molecule has 0 saturated carbocycles. The van der Waals surface area contributed by atoms with Gasteiger partial charge >= 0.3 is 0 Å². The average Bonchev–Trinajstić information content (AvgIpc) is 2.61. The lowest BCUT2D eigenvalue weighted by Gasteiger charge is -2.30. The number of aliphatic hydroxyl groups excluding tert-OH is 1. The third kappa shape index (κ3) is 3.41. The molecule has 1 aliphatic rings. The van der Waals surface area contributed by atoms with Crippen molar-refractivity contribution in [3.8, 4) is 16.9 Å². The summed E-state index contributed by atoms with van der Waals surface area (Å²) in [5.41, 5.74) is 1.56. The SMILES string of the molecule is COc1ccc(-c2cccc(C(=O)N3CCC[C@H](O)C3)c2)c(F)c1. The fourth-order valence-electron chi connectivity index (χ4n) is 3.00. The van der Waals surface area contributed by atoms with E-state index in [1.54, 1.807) is 41.3 Å². The lowest BCUT2D eigenvalue weighted by Crippen LogP contribution is -2.42. The molecule has 1 aliphatic heterocycles. The van der Waals surface area contributed by atoms with E-state index in [0.717, 1.165) is 12.8 Å². The zero-order valence-corrected chi connectivity index (χ0v) is 13.5. The van der Waals surface area contributed by atoms with Gasteiger partial charge in [-0.25, -0.2) is 4.39 Å². The van der Waals surface area contributed by atoms with Crippen molar-refractivity contribution in [1.29, 1.82) is 0 Å². The molecule has 126 valence electrons. The first-order valence-electron chi connectivity index (χ1n) is 8.00. The van der Waals surface area contributed by atoms with Crippen molar-refractivity contribution in [3.63, 3.8) is 0 Å². The minimum atomic E-state index is -0.468. The summed E-state index contributed by atoms with van der Waals surface area (Å²) in [7, 11) is 1.49. The Kier molecular flexibility index (Phi) is 4.81. The van der Waals surface area contributed by atoms with Gasteiger partial charge in [-0.3, -0.25) is 4.79 Å². The molecule has 2 aromatic carbocycles. The summed E-state index contributed by atoms with van der Waals surface area (Å²) in [6.45, 7) is 0.983. The first-order valence-corrected chi connectivity index (χ1v) is 8.00. The highest BCUT2D eigenvalue weighted by Gasteiger charge is 2.23. The van der Waals surface area contributed by atoms with Crippen molar-refractivity contribution in [1.82, 2.24) is 4.90 Å². The van der Waals surface area contributed by atoms with Gasteiger partial charge in [0.25, 0.3) is 5.91 Å². The fraction of sp³-hybridized carbons (Fsp3) is 0.316. The number of amides is 1. The minimum Gasteiger partial charge on any atom is -0.497 e. The molecule has 1 amide bonds. The summed E-state index contributed by atoms with van der Waals surface area (Å²) in [5, 5.41) is 9.74. The molecule has 0 spiro atoms. The van der Waals surface area contributed by atoms with Gasteiger partial charge in [-0.1, -0.05) is 12.1 Å². The summed E-state index contributed by atoms with van der Waals surface area (Å²) < 4.78 is 19.3. The molecule has 0 radical (unpaired) electrons. The maximum absolute atomic E-state index is 14.3. The second kappa shape index (κ2) is 7.01. The summed E-state index contributed by atoms with van der Waals surface area (Å²) in [6.07, 6.45) is 1.05. The minimum absolute atomic E-state index is 0.135. The van der Waals surface area contributed by atoms with E-state index in [0.29, 0.717) is 35.5 Å². The van der Waals surface area contributed by atoms with Crippen LogP contribution in [0, 0.1) is 5.82 Å². The zero-order chi connectivity index (χ0) is 17.1. The van der Waals surface area contributed by atoms with Crippen molar-refractivity contribution in [2.45, 2.75) is 18.9 Å². The molecule has 0 bridgehead atoms. The van der Waals surface area contributed by atoms with E-state index >= 15 is 0 Å². The summed E-state index contributed by atoms with van der Waals surface area (Å²) in [6, 6.07) is 11.6. The number of nitrogens with zero attached hydrogens (tertiary/aromatic N) is 1. The van der Waals surface area contributed by atoms with Gasteiger partial charge in [-0.05, 0) is 42.7 Å². The first kappa shape index (κ1) is 16.5. The summed E-state index contributed by atoms with van der Waals surface area (Å²) >= 11 is 0. The van der Waals surface area contributed by atoms with Crippen LogP contribution in [-0.2, 0) is 0 Å². The third-order valence-corrected chi connectivity index (χ3v) is 4.28. The van der Waals surface area contributed by atoms with Crippen LogP contribution in [0.3, 0.4) is 0 Å². The lowest BCUT2D eigenvalue weighted by molar-refractivity contribution is 0.0474. The Morgan fingerprint density at radius 3 is 2.83 bits per heavy atom. The number of β-amino-alcohol motifs (C(OH)–C–C–N with tert-alkyl or cyclic N) is 1. The molecular formula is C19H20FNO3. The van der Waals surface area contributed by atoms with E-state index in [4.69, 9.17) is 4.74 Å². The van der Waals surface area contributed by atoms with Crippen molar-refractivity contribution in [3.05, 3.63) is 53.8 Å². The molecule has 5 heteroatoms. The largest absolute Gasteiger partial charge is 0.497 e. The van der Waals surface area contributed by atoms with Crippen LogP contribution in [0.4, 0.5) is 4.39 Å². The number of aliphatic hydroxyl groups is 1. The number of methoxy groups -OCH3 is 1. The summed E-state index contributed by atoms with van der Waals surface area (Å²) in [4.78, 5) is 14.3. The van der Waals surface area contributed by atoms with Crippen molar-refractivity contribution >= 4 is 5.91 Å². The maximum atomic E-state index is 14.3. The summed E-state index contributed by atoms with van der Waals surface area (Å²) in [5.74, 6) is -0.0809. The second-order valence-corrected chi connectivity index (χ2v) is 5.97. The van der Waals surface area contributed by atoms with Crippen molar-refractivity contribution < 1.29 is 19.0 Å². The van der Waals surface area contributed by atoms with E-state index in [9.17, 15) is 14.3 Å². The predicted octanol–water partition coefficient (Wildman–Crippen LogP) is 3.10. The Hall–Kier alpha value is -2.40. The molecule has 24 heavy (non-hydrogen) atoms. The van der Waals surface area contributed by atoms with Gasteiger partial charge in [-0.15, -0.1) is 0 Å². The van der Waals surface area contributed by atoms with Crippen LogP contribution in [0.1, 0.15) is 23.2 Å². The molecule has 0 aliphatic carbocycles. The molecule has 2 aromatic rings. The number of ether oxygens (including phenoxy) is 1. The smallest absolute Gasteiger partial charge is 0.253 e. The second-order valence-electron chi connectivity index (χ2n) is 5.97. The van der Waals surface area contributed by atoms with Crippen LogP contribution < -0.4 is 4.74 Å². The van der Waals surface area contributed by atoms with Crippen LogP contribution in [0.25, 0.3) is 11.1 Å². The molecule has 0 aromatic heterocycles. The molecule has 1 fully saturated rings. The number of piperidine rings is 1. The van der Waals surface area contributed by atoms with Crippen LogP contribution in [-0.4, -0.2) is 42.2 Å². The van der Waals surface area contributed by atoms with Crippen LogP contribution in [0.5, 0.6) is 5.75 Å². The highest BCUT2D eigenvalue weighted by Crippen LogP contribution is 2.27. The first-order chi connectivity index (χ1) is 11.6. The van der Waals surface area contributed by atoms with Crippen LogP contribution in [0.2, 0.25) is 0 Å². The molecule has 0 unspecified atom stereocenters. The van der Waals surface area contributed by atoms with E-state index in [2.05, 4.69) is 0 Å². The topological polar surface area (TPSA) is 49.8 Å². The van der Waals surface area contributed by atoms with E-state index in [-0.39, 0.29) is 5.91 Å². The number of carbonyl (C=O) groups is 1. The van der Waals surface area contributed by atoms with E-state index < -0.39 is 11.9 Å². The van der Waals surface area contributed by atoms with Crippen molar-refractivity contribution in [2.75, 3.05) is 20.2 Å². The normalized spacial score (nSPS) is 17.6. The number of benzene rings is 2. The average molecular weight is 329 g/mol. The van der Waals surface area contributed by atoms with Gasteiger partial charge in [0.1, 0.15) is 11.6 Å². The molecular weight excluding hydrogens is 309 g/mol. The maximum Gasteiger partial charge on any atom is 0.253 e. The number of carbonyl (C=O) groups excluding carboxylic acids is 1. The van der Waals surface area contributed by atoms with Gasteiger partial charge in [0.05, 0.1) is 13.2 Å². The van der Waals surface area contributed by atoms with E-state index in [1.807, 2.05) is 0 Å². The molecule has 4 nitrogen and oxygen atoms in total. The third-order valence-electron chi connectivity index (χ3n) is 4.28. The quantitative estimate of drug-likeness (QED) is 0.941. The van der Waals surface area contributed by atoms with Crippen LogP contribution in [0.15, 0.2) is 42.5 Å². The molecule has 3 rings (SSSR count). The van der Waals surface area contributed by atoms with Gasteiger partial charge in [-0.2, -0.15) is 0 Å². The standard InChI is InChI=1S/C19H20FNO3/c1-24-16-7-8-17(18(20)11-16)13-4-2-5-14(10-13)19(23)21-9-3-6-15(22)12-21/h2,4-5,7-8,10-11,15,22H,3,6,9,12H2,1H3/t15-/m0/s1. The number of rotatable bonds is 3. The number of hydrogen-bond acceptors (Lipinski definition) is 3. The number of hydrogen-bond donors (Lipinski definition) is 1. The molecule has 1 atom stereocenters. The molecule has 1 N–H and O–H groups in total. The number of likely N-dealkylation sites (tertiary alicyclic amines) is 1. The molecule has 1 heterocycles. The Balaban J connectivity index is 1.87. The Morgan fingerprint density at radius 1 is 1.29 bits per heavy atom. The van der Waals surface area contributed by atoms with Gasteiger partial charge in [0.15, 0.2) is 0 Å². The van der Waals surface area contributed by atoms with Crippen molar-refractivity contribution in [2.24, 2.45) is 0 Å². The van der Waals surface area contributed by atoms with Gasteiger partial charge in [0, 0.05) is 30.3 Å². The lowest BCUT2D eigenvalue weighted by atomic mass is 10.0. The Labute approximate surface area is 140 Å². The van der Waals surface area contributed by atoms with Gasteiger partial charge in [0.2, 0.25) is 0 Å².